The lowest BCUT2D eigenvalue weighted by atomic mass is 9.93. The van der Waals surface area contributed by atoms with Crippen molar-refractivity contribution < 1.29 is 0 Å². The molecular formula is C20H20ClN. The molecule has 2 aromatic carbocycles. The van der Waals surface area contributed by atoms with Crippen LogP contribution in [0.5, 0.6) is 0 Å². The zero-order valence-electron chi connectivity index (χ0n) is 13.2. The second-order valence-electron chi connectivity index (χ2n) is 6.14. The maximum atomic E-state index is 6.62. The first-order chi connectivity index (χ1) is 10.5. The van der Waals surface area contributed by atoms with Gasteiger partial charge in [0.1, 0.15) is 0 Å². The van der Waals surface area contributed by atoms with Crippen LogP contribution in [0, 0.1) is 6.92 Å². The van der Waals surface area contributed by atoms with E-state index >= 15 is 0 Å². The summed E-state index contributed by atoms with van der Waals surface area (Å²) in [5, 5.41) is 0.829. The van der Waals surface area contributed by atoms with E-state index in [4.69, 9.17) is 11.6 Å². The van der Waals surface area contributed by atoms with Crippen molar-refractivity contribution >= 4 is 11.6 Å². The van der Waals surface area contributed by atoms with Gasteiger partial charge < -0.3 is 4.57 Å². The number of nitrogens with zero attached hydrogens (tertiary/aromatic N) is 1. The molecular weight excluding hydrogens is 290 g/mol. The van der Waals surface area contributed by atoms with Gasteiger partial charge in [0.25, 0.3) is 0 Å². The Morgan fingerprint density at radius 1 is 0.864 bits per heavy atom. The smallest absolute Gasteiger partial charge is 0.0693 e. The van der Waals surface area contributed by atoms with Crippen molar-refractivity contribution in [3.05, 3.63) is 83.0 Å². The van der Waals surface area contributed by atoms with Gasteiger partial charge in [-0.15, -0.1) is 0 Å². The number of hydrogen-bond acceptors (Lipinski definition) is 0. The van der Waals surface area contributed by atoms with E-state index in [1.54, 1.807) is 0 Å². The van der Waals surface area contributed by atoms with E-state index in [2.05, 4.69) is 67.9 Å². The first-order valence-electron chi connectivity index (χ1n) is 7.50. The van der Waals surface area contributed by atoms with Crippen LogP contribution in [0.4, 0.5) is 0 Å². The highest BCUT2D eigenvalue weighted by atomic mass is 35.5. The maximum absolute atomic E-state index is 6.62. The number of hydrogen-bond donors (Lipinski definition) is 0. The van der Waals surface area contributed by atoms with E-state index in [0.29, 0.717) is 0 Å². The maximum Gasteiger partial charge on any atom is 0.0693 e. The minimum atomic E-state index is -0.176. The molecule has 3 aromatic rings. The standard InChI is InChI=1S/C20H20ClN/c1-15-14-22(20(2,3)17-12-8-5-9-13-17)19(18(15)21)16-10-6-4-7-11-16/h4-14H,1-3H3. The van der Waals surface area contributed by atoms with Crippen molar-refractivity contribution in [2.75, 3.05) is 0 Å². The number of aryl methyl sites for hydroxylation is 1. The van der Waals surface area contributed by atoms with Crippen LogP contribution in [-0.4, -0.2) is 4.57 Å². The van der Waals surface area contributed by atoms with Gasteiger partial charge >= 0.3 is 0 Å². The van der Waals surface area contributed by atoms with Crippen molar-refractivity contribution in [2.24, 2.45) is 0 Å². The lowest BCUT2D eigenvalue weighted by Gasteiger charge is -2.30. The van der Waals surface area contributed by atoms with Crippen LogP contribution in [-0.2, 0) is 5.54 Å². The molecule has 0 unspecified atom stereocenters. The van der Waals surface area contributed by atoms with Crippen LogP contribution in [0.1, 0.15) is 25.0 Å². The third kappa shape index (κ3) is 2.46. The molecule has 0 aliphatic rings. The molecule has 0 aliphatic heterocycles. The fourth-order valence-corrected chi connectivity index (χ4v) is 3.14. The molecule has 1 nitrogen and oxygen atoms in total. The number of halogens is 1. The molecule has 0 atom stereocenters. The van der Waals surface area contributed by atoms with Gasteiger partial charge in [-0.3, -0.25) is 0 Å². The zero-order chi connectivity index (χ0) is 15.7. The van der Waals surface area contributed by atoms with Gasteiger partial charge in [0.2, 0.25) is 0 Å². The molecule has 2 heteroatoms. The van der Waals surface area contributed by atoms with Crippen molar-refractivity contribution in [2.45, 2.75) is 26.3 Å². The minimum absolute atomic E-state index is 0.176. The Morgan fingerprint density at radius 3 is 2.00 bits per heavy atom. The Hall–Kier alpha value is -1.99. The van der Waals surface area contributed by atoms with Gasteiger partial charge in [-0.05, 0) is 37.5 Å². The Bertz CT molecular complexity index is 770. The van der Waals surface area contributed by atoms with Gasteiger partial charge in [0.05, 0.1) is 16.3 Å². The molecule has 0 spiro atoms. The zero-order valence-corrected chi connectivity index (χ0v) is 13.9. The quantitative estimate of drug-likeness (QED) is 0.567. The third-order valence-electron chi connectivity index (χ3n) is 4.25. The highest BCUT2D eigenvalue weighted by molar-refractivity contribution is 6.34. The summed E-state index contributed by atoms with van der Waals surface area (Å²) in [6.07, 6.45) is 2.15. The Kier molecular flexibility index (Phi) is 3.84. The second kappa shape index (κ2) is 5.66. The summed E-state index contributed by atoms with van der Waals surface area (Å²) >= 11 is 6.62. The summed E-state index contributed by atoms with van der Waals surface area (Å²) in [7, 11) is 0. The predicted molar refractivity (Wildman–Crippen MR) is 94.5 cm³/mol. The first-order valence-corrected chi connectivity index (χ1v) is 7.88. The van der Waals surface area contributed by atoms with E-state index < -0.39 is 0 Å². The molecule has 0 saturated carbocycles. The molecule has 0 bridgehead atoms. The van der Waals surface area contributed by atoms with Crippen LogP contribution in [0.15, 0.2) is 66.9 Å². The molecule has 1 aromatic heterocycles. The van der Waals surface area contributed by atoms with Crippen molar-refractivity contribution in [1.29, 1.82) is 0 Å². The summed E-state index contributed by atoms with van der Waals surface area (Å²) < 4.78 is 2.29. The van der Waals surface area contributed by atoms with Crippen LogP contribution in [0.3, 0.4) is 0 Å². The van der Waals surface area contributed by atoms with Gasteiger partial charge in [0, 0.05) is 6.20 Å². The highest BCUT2D eigenvalue weighted by Crippen LogP contribution is 2.38. The van der Waals surface area contributed by atoms with E-state index in [1.807, 2.05) is 24.3 Å². The molecule has 0 amide bonds. The second-order valence-corrected chi connectivity index (χ2v) is 6.51. The fraction of sp³-hybridized carbons (Fsp3) is 0.200. The number of benzene rings is 2. The van der Waals surface area contributed by atoms with Gasteiger partial charge in [-0.25, -0.2) is 0 Å². The number of aromatic nitrogens is 1. The van der Waals surface area contributed by atoms with Crippen molar-refractivity contribution in [1.82, 2.24) is 4.57 Å². The normalized spacial score (nSPS) is 11.6. The van der Waals surface area contributed by atoms with Crippen LogP contribution in [0.2, 0.25) is 5.02 Å². The minimum Gasteiger partial charge on any atom is -0.336 e. The molecule has 0 aliphatic carbocycles. The molecule has 0 fully saturated rings. The van der Waals surface area contributed by atoms with Crippen molar-refractivity contribution in [3.63, 3.8) is 0 Å². The molecule has 0 N–H and O–H groups in total. The lowest BCUT2D eigenvalue weighted by molar-refractivity contribution is 0.442. The average molecular weight is 310 g/mol. The SMILES string of the molecule is Cc1cn(C(C)(C)c2ccccc2)c(-c2ccccc2)c1Cl. The largest absolute Gasteiger partial charge is 0.336 e. The monoisotopic (exact) mass is 309 g/mol. The van der Waals surface area contributed by atoms with Crippen molar-refractivity contribution in [3.8, 4) is 11.3 Å². The topological polar surface area (TPSA) is 4.93 Å². The van der Waals surface area contributed by atoms with E-state index in [-0.39, 0.29) is 5.54 Å². The van der Waals surface area contributed by atoms with Gasteiger partial charge in [-0.1, -0.05) is 72.3 Å². The summed E-state index contributed by atoms with van der Waals surface area (Å²) in [6.45, 7) is 6.52. The molecule has 1 heterocycles. The molecule has 0 radical (unpaired) electrons. The summed E-state index contributed by atoms with van der Waals surface area (Å²) in [5.41, 5.74) is 4.41. The molecule has 0 saturated heterocycles. The Balaban J connectivity index is 2.22. The van der Waals surface area contributed by atoms with Gasteiger partial charge in [-0.2, -0.15) is 0 Å². The van der Waals surface area contributed by atoms with Crippen LogP contribution < -0.4 is 0 Å². The summed E-state index contributed by atoms with van der Waals surface area (Å²) in [5.74, 6) is 0. The highest BCUT2D eigenvalue weighted by Gasteiger charge is 2.27. The first kappa shape index (κ1) is 14.9. The van der Waals surface area contributed by atoms with Crippen LogP contribution >= 0.6 is 11.6 Å². The summed E-state index contributed by atoms with van der Waals surface area (Å²) in [6, 6.07) is 20.9. The average Bonchev–Trinajstić information content (AvgIpc) is 2.85. The molecule has 22 heavy (non-hydrogen) atoms. The van der Waals surface area contributed by atoms with E-state index in [9.17, 15) is 0 Å². The Morgan fingerprint density at radius 2 is 1.41 bits per heavy atom. The van der Waals surface area contributed by atoms with Gasteiger partial charge in [0.15, 0.2) is 0 Å². The molecule has 112 valence electrons. The van der Waals surface area contributed by atoms with E-state index in [1.165, 1.54) is 5.56 Å². The fourth-order valence-electron chi connectivity index (χ4n) is 2.90. The molecule has 3 rings (SSSR count). The predicted octanol–water partition coefficient (Wildman–Crippen LogP) is 5.90. The third-order valence-corrected chi connectivity index (χ3v) is 4.72. The Labute approximate surface area is 137 Å². The lowest BCUT2D eigenvalue weighted by Crippen LogP contribution is -2.27. The summed E-state index contributed by atoms with van der Waals surface area (Å²) in [4.78, 5) is 0. The van der Waals surface area contributed by atoms with Crippen LogP contribution in [0.25, 0.3) is 11.3 Å². The number of rotatable bonds is 3. The van der Waals surface area contributed by atoms with E-state index in [0.717, 1.165) is 21.8 Å².